The van der Waals surface area contributed by atoms with Crippen molar-refractivity contribution in [1.82, 2.24) is 0 Å². The van der Waals surface area contributed by atoms with Gasteiger partial charge in [-0.3, -0.25) is 0 Å². The Balaban J connectivity index is 1.91. The third kappa shape index (κ3) is 6.67. The molecular weight excluding hydrogens is 474 g/mol. The monoisotopic (exact) mass is 511 g/mol. The van der Waals surface area contributed by atoms with Gasteiger partial charge >= 0.3 is 0 Å². The maximum absolute atomic E-state index is 9.29. The summed E-state index contributed by atoms with van der Waals surface area (Å²) in [4.78, 5) is 9.12. The summed E-state index contributed by atoms with van der Waals surface area (Å²) < 4.78 is 19.3. The van der Waals surface area contributed by atoms with Crippen molar-refractivity contribution in [3.63, 3.8) is 0 Å². The number of hydrogen-bond donors (Lipinski definition) is 0. The van der Waals surface area contributed by atoms with Crippen LogP contribution in [-0.2, 0) is 20.8 Å². The van der Waals surface area contributed by atoms with E-state index in [0.29, 0.717) is 6.61 Å². The van der Waals surface area contributed by atoms with Crippen LogP contribution in [0, 0.1) is 23.7 Å². The van der Waals surface area contributed by atoms with E-state index >= 15 is 0 Å². The van der Waals surface area contributed by atoms with Gasteiger partial charge in [0, 0.05) is 20.7 Å². The minimum atomic E-state index is -0.810. The van der Waals surface area contributed by atoms with Crippen LogP contribution in [0.15, 0.2) is 45.7 Å². The number of nitrogens with zero attached hydrogens (tertiary/aromatic N) is 9. The van der Waals surface area contributed by atoms with E-state index in [2.05, 4.69) is 57.8 Å². The van der Waals surface area contributed by atoms with E-state index in [-0.39, 0.29) is 36.2 Å². The summed E-state index contributed by atoms with van der Waals surface area (Å²) in [5.74, 6) is 0.156. The van der Waals surface area contributed by atoms with Gasteiger partial charge in [0.2, 0.25) is 0 Å². The summed E-state index contributed by atoms with van der Waals surface area (Å²) >= 11 is 0. The number of ether oxygens (including phenoxy) is 3. The van der Waals surface area contributed by atoms with Crippen molar-refractivity contribution in [1.29, 1.82) is 0 Å². The van der Waals surface area contributed by atoms with Crippen molar-refractivity contribution >= 4 is 0 Å². The zero-order valence-corrected chi connectivity index (χ0v) is 22.1. The Kier molecular flexibility index (Phi) is 10.5. The number of hydrogen-bond acceptors (Lipinski definition) is 6. The molecule has 1 aromatic rings. The lowest BCUT2D eigenvalue weighted by Gasteiger charge is -2.49. The van der Waals surface area contributed by atoms with E-state index in [1.165, 1.54) is 0 Å². The van der Waals surface area contributed by atoms with E-state index in [4.69, 9.17) is 14.2 Å². The summed E-state index contributed by atoms with van der Waals surface area (Å²) in [6, 6.07) is 8.04. The molecule has 37 heavy (non-hydrogen) atoms. The van der Waals surface area contributed by atoms with E-state index in [1.54, 1.807) is 0 Å². The Morgan fingerprint density at radius 2 is 1.54 bits per heavy atom. The third-order valence-electron chi connectivity index (χ3n) is 8.10. The Bertz CT molecular complexity index is 1020. The van der Waals surface area contributed by atoms with Crippen molar-refractivity contribution < 1.29 is 14.2 Å². The van der Waals surface area contributed by atoms with Gasteiger partial charge < -0.3 is 14.2 Å². The zero-order chi connectivity index (χ0) is 26.9. The second kappa shape index (κ2) is 13.5. The van der Waals surface area contributed by atoms with Gasteiger partial charge in [0.05, 0.1) is 43.0 Å². The predicted molar refractivity (Wildman–Crippen MR) is 139 cm³/mol. The topological polar surface area (TPSA) is 174 Å². The second-order valence-corrected chi connectivity index (χ2v) is 10.3. The highest BCUT2D eigenvalue weighted by Crippen LogP contribution is 2.41. The van der Waals surface area contributed by atoms with Gasteiger partial charge in [0.15, 0.2) is 6.29 Å². The van der Waals surface area contributed by atoms with Crippen molar-refractivity contribution in [3.05, 3.63) is 67.2 Å². The van der Waals surface area contributed by atoms with Crippen LogP contribution in [0.25, 0.3) is 31.3 Å². The smallest absolute Gasteiger partial charge is 0.167 e. The number of azide groups is 3. The normalized spacial score (nSPS) is 36.4. The van der Waals surface area contributed by atoms with Gasteiger partial charge in [-0.05, 0) is 46.3 Å². The van der Waals surface area contributed by atoms with E-state index < -0.39 is 36.6 Å². The fourth-order valence-electron chi connectivity index (χ4n) is 5.59. The molecule has 0 amide bonds. The quantitative estimate of drug-likeness (QED) is 0.186. The fourth-order valence-corrected chi connectivity index (χ4v) is 5.59. The minimum absolute atomic E-state index is 0.0199. The molecule has 1 saturated carbocycles. The zero-order valence-electron chi connectivity index (χ0n) is 22.1. The molecule has 1 aliphatic carbocycles. The SMILES string of the molecule is CCC(C)C1O[C@H](O[C@@H]2C(N=[N+]=[N-])C[C@@H](N=[N+]=[N-])C(OCc3ccccc3)[C@H]2C)C(N=[N+]=[N-])[C@@H](C)[C@@H]1C. The highest BCUT2D eigenvalue weighted by Gasteiger charge is 2.49. The Labute approximate surface area is 217 Å². The summed E-state index contributed by atoms with van der Waals surface area (Å²) in [6.07, 6.45) is -0.757. The molecule has 0 spiro atoms. The van der Waals surface area contributed by atoms with Crippen LogP contribution in [-0.4, -0.2) is 42.7 Å². The molecule has 0 bridgehead atoms. The average Bonchev–Trinajstić information content (AvgIpc) is 2.90. The van der Waals surface area contributed by atoms with E-state index in [9.17, 15) is 16.6 Å². The minimum Gasteiger partial charge on any atom is -0.373 e. The maximum Gasteiger partial charge on any atom is 0.167 e. The van der Waals surface area contributed by atoms with Crippen LogP contribution in [0.2, 0.25) is 0 Å². The van der Waals surface area contributed by atoms with Crippen LogP contribution in [0.1, 0.15) is 53.0 Å². The Hall–Kier alpha value is -2.97. The lowest BCUT2D eigenvalue weighted by Crippen LogP contribution is -2.57. The Morgan fingerprint density at radius 3 is 2.14 bits per heavy atom. The standard InChI is InChI=1S/C25H37N9O3/c1-6-14(2)22-16(4)15(3)21(31-34-28)25(36-22)37-24-17(5)23(35-13-18-10-8-7-9-11-18)19(29-32-26)12-20(24)30-33-27/h7-11,14-17,19-25H,6,12-13H2,1-5H3/t14?,15-,16-,17+,19+,20?,21?,22?,23?,24-,25+/m0/s1. The van der Waals surface area contributed by atoms with Crippen LogP contribution < -0.4 is 0 Å². The van der Waals surface area contributed by atoms with Crippen LogP contribution in [0.3, 0.4) is 0 Å². The van der Waals surface area contributed by atoms with Crippen molar-refractivity contribution in [2.24, 2.45) is 39.0 Å². The second-order valence-electron chi connectivity index (χ2n) is 10.3. The molecule has 12 nitrogen and oxygen atoms in total. The van der Waals surface area contributed by atoms with Gasteiger partial charge in [-0.25, -0.2) is 0 Å². The van der Waals surface area contributed by atoms with Gasteiger partial charge in [0.25, 0.3) is 0 Å². The molecule has 11 atom stereocenters. The molecule has 2 aliphatic rings. The third-order valence-corrected chi connectivity index (χ3v) is 8.10. The largest absolute Gasteiger partial charge is 0.373 e. The van der Waals surface area contributed by atoms with Crippen LogP contribution in [0.5, 0.6) is 0 Å². The van der Waals surface area contributed by atoms with Gasteiger partial charge in [0.1, 0.15) is 0 Å². The molecular formula is C25H37N9O3. The average molecular weight is 512 g/mol. The van der Waals surface area contributed by atoms with Crippen LogP contribution >= 0.6 is 0 Å². The fraction of sp³-hybridized carbons (Fsp3) is 0.760. The summed E-state index contributed by atoms with van der Waals surface area (Å²) in [6.45, 7) is 10.7. The number of benzene rings is 1. The van der Waals surface area contributed by atoms with Gasteiger partial charge in [-0.2, -0.15) is 0 Å². The first kappa shape index (κ1) is 28.6. The van der Waals surface area contributed by atoms with Crippen LogP contribution in [0.4, 0.5) is 0 Å². The lowest BCUT2D eigenvalue weighted by atomic mass is 9.77. The number of rotatable bonds is 10. The first-order valence-electron chi connectivity index (χ1n) is 12.9. The van der Waals surface area contributed by atoms with E-state index in [1.807, 2.05) is 37.3 Å². The predicted octanol–water partition coefficient (Wildman–Crippen LogP) is 7.08. The molecule has 12 heteroatoms. The summed E-state index contributed by atoms with van der Waals surface area (Å²) in [5, 5.41) is 12.0. The van der Waals surface area contributed by atoms with Gasteiger partial charge in [-0.15, -0.1) is 0 Å². The molecule has 0 N–H and O–H groups in total. The molecule has 3 rings (SSSR count). The molecule has 1 aliphatic heterocycles. The summed E-state index contributed by atoms with van der Waals surface area (Å²) in [5.41, 5.74) is 28.8. The highest BCUT2D eigenvalue weighted by molar-refractivity contribution is 5.13. The molecule has 5 unspecified atom stereocenters. The summed E-state index contributed by atoms with van der Waals surface area (Å²) in [7, 11) is 0. The van der Waals surface area contributed by atoms with Crippen molar-refractivity contribution in [3.8, 4) is 0 Å². The molecule has 1 heterocycles. The van der Waals surface area contributed by atoms with Crippen molar-refractivity contribution in [2.75, 3.05) is 0 Å². The molecule has 0 aromatic heterocycles. The lowest BCUT2D eigenvalue weighted by molar-refractivity contribution is -0.273. The molecule has 0 radical (unpaired) electrons. The van der Waals surface area contributed by atoms with Crippen molar-refractivity contribution in [2.45, 2.75) is 96.8 Å². The highest BCUT2D eigenvalue weighted by atomic mass is 16.7. The first-order valence-corrected chi connectivity index (χ1v) is 12.9. The molecule has 200 valence electrons. The maximum atomic E-state index is 9.29. The molecule has 2 fully saturated rings. The van der Waals surface area contributed by atoms with E-state index in [0.717, 1.165) is 12.0 Å². The van der Waals surface area contributed by atoms with Gasteiger partial charge in [-0.1, -0.05) is 86.7 Å². The Morgan fingerprint density at radius 1 is 0.919 bits per heavy atom. The molecule has 1 aromatic carbocycles. The first-order chi connectivity index (χ1) is 17.9. The molecule has 1 saturated heterocycles.